The van der Waals surface area contributed by atoms with E-state index in [1.54, 1.807) is 21.8 Å². The summed E-state index contributed by atoms with van der Waals surface area (Å²) in [5.74, 6) is 0. The van der Waals surface area contributed by atoms with E-state index >= 15 is 0 Å². The van der Waals surface area contributed by atoms with Gasteiger partial charge >= 0.3 is 0 Å². The van der Waals surface area contributed by atoms with Crippen LogP contribution < -0.4 is 5.32 Å². The maximum atomic E-state index is 6.23. The summed E-state index contributed by atoms with van der Waals surface area (Å²) in [4.78, 5) is 4.38. The molecule has 0 spiro atoms. The highest BCUT2D eigenvalue weighted by Gasteiger charge is 2.22. The van der Waals surface area contributed by atoms with Crippen LogP contribution in [0.25, 0.3) is 0 Å². The first-order valence-corrected chi connectivity index (χ1v) is 8.80. The van der Waals surface area contributed by atoms with Gasteiger partial charge in [-0.1, -0.05) is 18.5 Å². The van der Waals surface area contributed by atoms with Crippen molar-refractivity contribution in [2.45, 2.75) is 39.2 Å². The third-order valence-corrected chi connectivity index (χ3v) is 6.54. The number of aryl methyl sites for hydroxylation is 3. The molecule has 0 saturated carbocycles. The molecule has 102 valence electrons. The average molecular weight is 312 g/mol. The Balaban J connectivity index is 1.95. The van der Waals surface area contributed by atoms with Gasteiger partial charge in [0.25, 0.3) is 0 Å². The first-order valence-electron chi connectivity index (χ1n) is 6.79. The van der Waals surface area contributed by atoms with E-state index in [2.05, 4.69) is 31.3 Å². The zero-order valence-electron chi connectivity index (χ0n) is 11.3. The molecule has 2 aromatic rings. The van der Waals surface area contributed by atoms with E-state index in [0.29, 0.717) is 6.04 Å². The van der Waals surface area contributed by atoms with Crippen LogP contribution in [0.1, 0.15) is 45.1 Å². The number of hydrogen-bond acceptors (Lipinski definition) is 3. The van der Waals surface area contributed by atoms with Crippen molar-refractivity contribution in [3.05, 3.63) is 42.2 Å². The van der Waals surface area contributed by atoms with Crippen LogP contribution in [0.3, 0.4) is 0 Å². The average Bonchev–Trinajstić information content (AvgIpc) is 3.02. The van der Waals surface area contributed by atoms with Crippen LogP contribution in [-0.2, 0) is 12.8 Å². The Morgan fingerprint density at radius 2 is 2.05 bits per heavy atom. The van der Waals surface area contributed by atoms with Crippen LogP contribution in [0.2, 0.25) is 4.34 Å². The predicted octanol–water partition coefficient (Wildman–Crippen LogP) is 4.96. The Morgan fingerprint density at radius 1 is 1.26 bits per heavy atom. The molecule has 1 unspecified atom stereocenters. The molecule has 0 radical (unpaired) electrons. The third kappa shape index (κ3) is 2.62. The molecular formula is C15H18ClNS2. The molecule has 0 saturated heterocycles. The van der Waals surface area contributed by atoms with Crippen molar-refractivity contribution >= 4 is 34.3 Å². The number of rotatable bonds is 4. The highest BCUT2D eigenvalue weighted by atomic mass is 35.5. The first kappa shape index (κ1) is 13.6. The second-order valence-corrected chi connectivity index (χ2v) is 7.90. The van der Waals surface area contributed by atoms with Crippen LogP contribution in [0.15, 0.2) is 12.1 Å². The maximum Gasteiger partial charge on any atom is 0.0961 e. The van der Waals surface area contributed by atoms with Gasteiger partial charge in [0.05, 0.1) is 10.4 Å². The standard InChI is InChI=1S/C15H18ClNS2/c1-3-17-14(12-7-9(2)15(16)19-12)13-8-10-5-4-6-11(10)18-13/h7-8,14,17H,3-6H2,1-2H3. The Labute approximate surface area is 127 Å². The van der Waals surface area contributed by atoms with Crippen molar-refractivity contribution in [2.24, 2.45) is 0 Å². The number of nitrogens with one attached hydrogen (secondary N) is 1. The SMILES string of the molecule is CCNC(c1cc(C)c(Cl)s1)c1cc2c(s1)CCC2. The van der Waals surface area contributed by atoms with E-state index in [0.717, 1.165) is 10.9 Å². The normalized spacial score (nSPS) is 15.7. The van der Waals surface area contributed by atoms with Crippen LogP contribution in [0, 0.1) is 6.92 Å². The molecule has 1 aliphatic rings. The summed E-state index contributed by atoms with van der Waals surface area (Å²) in [5, 5.41) is 3.61. The first-order chi connectivity index (χ1) is 9.19. The van der Waals surface area contributed by atoms with E-state index in [4.69, 9.17) is 11.6 Å². The molecule has 0 aromatic carbocycles. The molecule has 3 rings (SSSR count). The number of thiophene rings is 2. The molecule has 1 atom stereocenters. The Kier molecular flexibility index (Phi) is 3.99. The summed E-state index contributed by atoms with van der Waals surface area (Å²) < 4.78 is 0.919. The van der Waals surface area contributed by atoms with Gasteiger partial charge in [-0.2, -0.15) is 0 Å². The van der Waals surface area contributed by atoms with Crippen LogP contribution in [0.4, 0.5) is 0 Å². The molecule has 0 amide bonds. The molecule has 19 heavy (non-hydrogen) atoms. The van der Waals surface area contributed by atoms with Gasteiger partial charge in [-0.15, -0.1) is 22.7 Å². The Morgan fingerprint density at radius 3 is 2.68 bits per heavy atom. The lowest BCUT2D eigenvalue weighted by molar-refractivity contribution is 0.648. The monoisotopic (exact) mass is 311 g/mol. The third-order valence-electron chi connectivity index (χ3n) is 3.62. The molecule has 2 aromatic heterocycles. The lowest BCUT2D eigenvalue weighted by Crippen LogP contribution is -2.20. The van der Waals surface area contributed by atoms with Crippen molar-refractivity contribution in [1.82, 2.24) is 5.32 Å². The van der Waals surface area contributed by atoms with Crippen molar-refractivity contribution in [2.75, 3.05) is 6.54 Å². The minimum Gasteiger partial charge on any atom is -0.305 e. The second kappa shape index (κ2) is 5.57. The lowest BCUT2D eigenvalue weighted by atomic mass is 10.1. The summed E-state index contributed by atoms with van der Waals surface area (Å²) in [7, 11) is 0. The summed E-state index contributed by atoms with van der Waals surface area (Å²) in [6.45, 7) is 5.22. The molecule has 0 bridgehead atoms. The van der Waals surface area contributed by atoms with Crippen molar-refractivity contribution in [3.63, 3.8) is 0 Å². The van der Waals surface area contributed by atoms with Gasteiger partial charge in [0.1, 0.15) is 0 Å². The zero-order chi connectivity index (χ0) is 13.4. The van der Waals surface area contributed by atoms with Gasteiger partial charge in [0.2, 0.25) is 0 Å². The quantitative estimate of drug-likeness (QED) is 0.841. The van der Waals surface area contributed by atoms with E-state index in [1.165, 1.54) is 34.6 Å². The lowest BCUT2D eigenvalue weighted by Gasteiger charge is -2.14. The summed E-state index contributed by atoms with van der Waals surface area (Å²) >= 11 is 9.92. The summed E-state index contributed by atoms with van der Waals surface area (Å²) in [6, 6.07) is 4.95. The van der Waals surface area contributed by atoms with Crippen molar-refractivity contribution in [1.29, 1.82) is 0 Å². The predicted molar refractivity (Wildman–Crippen MR) is 85.9 cm³/mol. The van der Waals surface area contributed by atoms with E-state index in [-0.39, 0.29) is 0 Å². The van der Waals surface area contributed by atoms with E-state index in [9.17, 15) is 0 Å². The molecular weight excluding hydrogens is 294 g/mol. The minimum atomic E-state index is 0.316. The molecule has 0 fully saturated rings. The highest BCUT2D eigenvalue weighted by molar-refractivity contribution is 7.17. The molecule has 1 aliphatic carbocycles. The van der Waals surface area contributed by atoms with Gasteiger partial charge in [0, 0.05) is 14.6 Å². The van der Waals surface area contributed by atoms with Crippen LogP contribution >= 0.6 is 34.3 Å². The fraction of sp³-hybridized carbons (Fsp3) is 0.467. The summed E-state index contributed by atoms with van der Waals surface area (Å²) in [5.41, 5.74) is 2.76. The zero-order valence-corrected chi connectivity index (χ0v) is 13.6. The number of fused-ring (bicyclic) bond motifs is 1. The molecule has 2 heterocycles. The van der Waals surface area contributed by atoms with Crippen molar-refractivity contribution < 1.29 is 0 Å². The maximum absolute atomic E-state index is 6.23. The minimum absolute atomic E-state index is 0.316. The van der Waals surface area contributed by atoms with E-state index in [1.807, 2.05) is 11.3 Å². The van der Waals surface area contributed by atoms with Gasteiger partial charge < -0.3 is 5.32 Å². The van der Waals surface area contributed by atoms with Crippen LogP contribution in [-0.4, -0.2) is 6.54 Å². The molecule has 1 nitrogen and oxygen atoms in total. The van der Waals surface area contributed by atoms with Gasteiger partial charge in [0.15, 0.2) is 0 Å². The van der Waals surface area contributed by atoms with E-state index < -0.39 is 0 Å². The smallest absolute Gasteiger partial charge is 0.0961 e. The van der Waals surface area contributed by atoms with Gasteiger partial charge in [-0.3, -0.25) is 0 Å². The molecule has 1 N–H and O–H groups in total. The molecule has 0 aliphatic heterocycles. The second-order valence-electron chi connectivity index (χ2n) is 5.05. The fourth-order valence-corrected chi connectivity index (χ4v) is 5.41. The highest BCUT2D eigenvalue weighted by Crippen LogP contribution is 2.39. The van der Waals surface area contributed by atoms with Gasteiger partial charge in [-0.05, 0) is 56.0 Å². The molecule has 4 heteroatoms. The van der Waals surface area contributed by atoms with Crippen molar-refractivity contribution in [3.8, 4) is 0 Å². The van der Waals surface area contributed by atoms with Gasteiger partial charge in [-0.25, -0.2) is 0 Å². The fourth-order valence-electron chi connectivity index (χ4n) is 2.67. The number of halogens is 1. The summed E-state index contributed by atoms with van der Waals surface area (Å²) in [6.07, 6.45) is 3.86. The number of hydrogen-bond donors (Lipinski definition) is 1. The largest absolute Gasteiger partial charge is 0.305 e. The Bertz CT molecular complexity index is 544. The topological polar surface area (TPSA) is 12.0 Å². The Hall–Kier alpha value is -0.350. The van der Waals surface area contributed by atoms with Crippen LogP contribution in [0.5, 0.6) is 0 Å².